The topological polar surface area (TPSA) is 80.5 Å². The first-order valence-electron chi connectivity index (χ1n) is 10.4. The third-order valence-corrected chi connectivity index (χ3v) is 5.24. The summed E-state index contributed by atoms with van der Waals surface area (Å²) in [5.74, 6) is 0.545. The SMILES string of the molecule is Cc1cc(N)c2cc(NC(=O)c3ccccc3COc3ccc(N(C)C)cc3)ccc2n1.Cl.Cl. The molecule has 6 nitrogen and oxygen atoms in total. The summed E-state index contributed by atoms with van der Waals surface area (Å²) >= 11 is 0. The van der Waals surface area contributed by atoms with Crippen molar-refractivity contribution in [2.75, 3.05) is 30.0 Å². The number of carbonyl (C=O) groups is 1. The highest BCUT2D eigenvalue weighted by Crippen LogP contribution is 2.25. The van der Waals surface area contributed by atoms with E-state index in [-0.39, 0.29) is 30.7 Å². The molecule has 0 atom stereocenters. The number of hydrogen-bond donors (Lipinski definition) is 2. The molecule has 4 aromatic rings. The molecule has 1 aromatic heterocycles. The molecule has 0 aliphatic rings. The molecule has 0 radical (unpaired) electrons. The maximum Gasteiger partial charge on any atom is 0.256 e. The van der Waals surface area contributed by atoms with Crippen LogP contribution in [0.4, 0.5) is 17.1 Å². The summed E-state index contributed by atoms with van der Waals surface area (Å²) < 4.78 is 5.93. The fourth-order valence-electron chi connectivity index (χ4n) is 3.54. The average Bonchev–Trinajstić information content (AvgIpc) is 2.78. The number of nitrogen functional groups attached to an aromatic ring is 1. The molecular formula is C26H28Cl2N4O2. The third kappa shape index (κ3) is 6.10. The van der Waals surface area contributed by atoms with Gasteiger partial charge >= 0.3 is 0 Å². The van der Waals surface area contributed by atoms with Crippen molar-refractivity contribution in [3.05, 3.63) is 89.6 Å². The second kappa shape index (κ2) is 11.6. The zero-order valence-electron chi connectivity index (χ0n) is 19.2. The van der Waals surface area contributed by atoms with Crippen molar-refractivity contribution in [2.24, 2.45) is 0 Å². The largest absolute Gasteiger partial charge is 0.489 e. The highest BCUT2D eigenvalue weighted by atomic mass is 35.5. The number of rotatable bonds is 6. The van der Waals surface area contributed by atoms with E-state index in [1.807, 2.05) is 92.6 Å². The van der Waals surface area contributed by atoms with Gasteiger partial charge in [0.15, 0.2) is 0 Å². The minimum atomic E-state index is -0.204. The van der Waals surface area contributed by atoms with Crippen LogP contribution >= 0.6 is 24.8 Å². The molecule has 3 aromatic carbocycles. The van der Waals surface area contributed by atoms with Crippen LogP contribution in [0, 0.1) is 6.92 Å². The lowest BCUT2D eigenvalue weighted by Gasteiger charge is -2.14. The summed E-state index contributed by atoms with van der Waals surface area (Å²) in [5, 5.41) is 3.78. The molecule has 34 heavy (non-hydrogen) atoms. The van der Waals surface area contributed by atoms with E-state index in [0.717, 1.165) is 33.6 Å². The number of nitrogens with two attached hydrogens (primary N) is 1. The number of benzene rings is 3. The number of aryl methyl sites for hydroxylation is 1. The molecule has 1 amide bonds. The monoisotopic (exact) mass is 498 g/mol. The van der Waals surface area contributed by atoms with Crippen LogP contribution in [0.1, 0.15) is 21.6 Å². The van der Waals surface area contributed by atoms with Gasteiger partial charge in [-0.05, 0) is 61.5 Å². The van der Waals surface area contributed by atoms with Crippen LogP contribution in [0.15, 0.2) is 72.8 Å². The Balaban J connectivity index is 0.00000204. The van der Waals surface area contributed by atoms with E-state index in [4.69, 9.17) is 10.5 Å². The van der Waals surface area contributed by atoms with Crippen LogP contribution in [0.3, 0.4) is 0 Å². The molecule has 0 fully saturated rings. The van der Waals surface area contributed by atoms with Gasteiger partial charge in [-0.25, -0.2) is 0 Å². The lowest BCUT2D eigenvalue weighted by atomic mass is 10.1. The van der Waals surface area contributed by atoms with Gasteiger partial charge in [-0.3, -0.25) is 9.78 Å². The second-order valence-electron chi connectivity index (χ2n) is 7.87. The summed E-state index contributed by atoms with van der Waals surface area (Å²) in [6, 6.07) is 22.6. The van der Waals surface area contributed by atoms with Crippen molar-refractivity contribution in [3.8, 4) is 5.75 Å². The molecule has 0 aliphatic carbocycles. The van der Waals surface area contributed by atoms with Gasteiger partial charge in [0.1, 0.15) is 12.4 Å². The summed E-state index contributed by atoms with van der Waals surface area (Å²) in [6.07, 6.45) is 0. The van der Waals surface area contributed by atoms with E-state index in [2.05, 4.69) is 10.3 Å². The van der Waals surface area contributed by atoms with Crippen LogP contribution in [-0.2, 0) is 6.61 Å². The molecule has 3 N–H and O–H groups in total. The van der Waals surface area contributed by atoms with E-state index < -0.39 is 0 Å². The standard InChI is InChI=1S/C26H26N4O2.2ClH/c1-17-14-24(27)23-15-19(8-13-25(23)28-17)29-26(31)22-7-5-4-6-18(22)16-32-21-11-9-20(10-12-21)30(2)3;;/h4-15H,16H2,1-3H3,(H2,27,28)(H,29,31);2*1H. The Hall–Kier alpha value is -3.48. The number of ether oxygens (including phenoxy) is 1. The number of fused-ring (bicyclic) bond motifs is 1. The number of nitrogens with zero attached hydrogens (tertiary/aromatic N) is 2. The first-order valence-corrected chi connectivity index (χ1v) is 10.4. The third-order valence-electron chi connectivity index (χ3n) is 5.24. The highest BCUT2D eigenvalue weighted by molar-refractivity contribution is 6.06. The van der Waals surface area contributed by atoms with Crippen molar-refractivity contribution in [1.82, 2.24) is 4.98 Å². The fraction of sp³-hybridized carbons (Fsp3) is 0.154. The predicted molar refractivity (Wildman–Crippen MR) is 145 cm³/mol. The molecule has 0 saturated carbocycles. The second-order valence-corrected chi connectivity index (χ2v) is 7.87. The highest BCUT2D eigenvalue weighted by Gasteiger charge is 2.13. The molecule has 0 aliphatic heterocycles. The van der Waals surface area contributed by atoms with Gasteiger partial charge < -0.3 is 20.7 Å². The predicted octanol–water partition coefficient (Wildman–Crippen LogP) is 5.87. The number of halogens is 2. The van der Waals surface area contributed by atoms with Gasteiger partial charge in [0.2, 0.25) is 0 Å². The van der Waals surface area contributed by atoms with Gasteiger partial charge in [0.25, 0.3) is 5.91 Å². The molecule has 8 heteroatoms. The van der Waals surface area contributed by atoms with Crippen LogP contribution in [-0.4, -0.2) is 25.0 Å². The summed E-state index contributed by atoms with van der Waals surface area (Å²) in [4.78, 5) is 19.5. The Kier molecular flexibility index (Phi) is 9.12. The van der Waals surface area contributed by atoms with Gasteiger partial charge in [0, 0.05) is 53.4 Å². The zero-order chi connectivity index (χ0) is 22.7. The minimum absolute atomic E-state index is 0. The van der Waals surface area contributed by atoms with E-state index in [1.54, 1.807) is 6.07 Å². The Morgan fingerprint density at radius 3 is 2.41 bits per heavy atom. The smallest absolute Gasteiger partial charge is 0.256 e. The van der Waals surface area contributed by atoms with E-state index in [9.17, 15) is 4.79 Å². The van der Waals surface area contributed by atoms with Crippen molar-refractivity contribution in [2.45, 2.75) is 13.5 Å². The first-order chi connectivity index (χ1) is 15.4. The minimum Gasteiger partial charge on any atom is -0.489 e. The molecule has 0 saturated heterocycles. The number of carbonyl (C=O) groups excluding carboxylic acids is 1. The molecule has 178 valence electrons. The quantitative estimate of drug-likeness (QED) is 0.347. The van der Waals surface area contributed by atoms with Gasteiger partial charge in [-0.2, -0.15) is 0 Å². The molecule has 0 unspecified atom stereocenters. The Morgan fingerprint density at radius 1 is 1.00 bits per heavy atom. The van der Waals surface area contributed by atoms with Gasteiger partial charge in [-0.15, -0.1) is 24.8 Å². The fourth-order valence-corrected chi connectivity index (χ4v) is 3.54. The molecular weight excluding hydrogens is 471 g/mol. The van der Waals surface area contributed by atoms with Crippen molar-refractivity contribution < 1.29 is 9.53 Å². The molecule has 0 bridgehead atoms. The van der Waals surface area contributed by atoms with Crippen molar-refractivity contribution in [3.63, 3.8) is 0 Å². The normalized spacial score (nSPS) is 10.1. The van der Waals surface area contributed by atoms with Crippen LogP contribution in [0.25, 0.3) is 10.9 Å². The lowest BCUT2D eigenvalue weighted by molar-refractivity contribution is 0.102. The van der Waals surface area contributed by atoms with Crippen LogP contribution in [0.5, 0.6) is 5.75 Å². The van der Waals surface area contributed by atoms with Crippen molar-refractivity contribution >= 4 is 58.7 Å². The van der Waals surface area contributed by atoms with Gasteiger partial charge in [0.05, 0.1) is 5.52 Å². The van der Waals surface area contributed by atoms with E-state index >= 15 is 0 Å². The summed E-state index contributed by atoms with van der Waals surface area (Å²) in [7, 11) is 3.98. The molecule has 4 rings (SSSR count). The van der Waals surface area contributed by atoms with Gasteiger partial charge in [-0.1, -0.05) is 18.2 Å². The first kappa shape index (κ1) is 26.8. The Labute approximate surface area is 212 Å². The zero-order valence-corrected chi connectivity index (χ0v) is 20.9. The number of pyridine rings is 1. The number of aromatic nitrogens is 1. The number of anilines is 3. The van der Waals surface area contributed by atoms with E-state index in [1.165, 1.54) is 0 Å². The van der Waals surface area contributed by atoms with E-state index in [0.29, 0.717) is 23.5 Å². The summed E-state index contributed by atoms with van der Waals surface area (Å²) in [6.45, 7) is 2.19. The maximum atomic E-state index is 13.0. The Bertz CT molecular complexity index is 1280. The van der Waals surface area contributed by atoms with Crippen molar-refractivity contribution in [1.29, 1.82) is 0 Å². The summed E-state index contributed by atoms with van der Waals surface area (Å²) in [5.41, 5.74) is 11.6. The Morgan fingerprint density at radius 2 is 1.71 bits per heavy atom. The number of amides is 1. The maximum absolute atomic E-state index is 13.0. The molecule has 1 heterocycles. The number of nitrogens with one attached hydrogen (secondary N) is 1. The average molecular weight is 499 g/mol. The molecule has 0 spiro atoms. The van der Waals surface area contributed by atoms with Crippen LogP contribution in [0.2, 0.25) is 0 Å². The lowest BCUT2D eigenvalue weighted by Crippen LogP contribution is -2.15. The number of hydrogen-bond acceptors (Lipinski definition) is 5. The van der Waals surface area contributed by atoms with Crippen LogP contribution < -0.4 is 20.7 Å².